The number of H-pyrrole nitrogens is 1. The molecule has 0 atom stereocenters. The Morgan fingerprint density at radius 1 is 0.885 bits per heavy atom. The highest BCUT2D eigenvalue weighted by atomic mass is 15.3. The van der Waals surface area contributed by atoms with E-state index in [4.69, 9.17) is 0 Å². The van der Waals surface area contributed by atoms with Gasteiger partial charge in [0.2, 0.25) is 0 Å². The smallest absolute Gasteiger partial charge is 0.117 e. The van der Waals surface area contributed by atoms with Gasteiger partial charge in [-0.3, -0.25) is 5.10 Å². The van der Waals surface area contributed by atoms with Crippen molar-refractivity contribution in [2.24, 2.45) is 0 Å². The lowest BCUT2D eigenvalue weighted by Crippen LogP contribution is -2.15. The highest BCUT2D eigenvalue weighted by Crippen LogP contribution is 2.23. The second-order valence-electron chi connectivity index (χ2n) is 7.31. The van der Waals surface area contributed by atoms with Gasteiger partial charge in [-0.2, -0.15) is 0 Å². The van der Waals surface area contributed by atoms with Gasteiger partial charge >= 0.3 is 0 Å². The van der Waals surface area contributed by atoms with Crippen LogP contribution in [0.1, 0.15) is 82.4 Å². The van der Waals surface area contributed by atoms with Crippen LogP contribution in [0.4, 0.5) is 0 Å². The summed E-state index contributed by atoms with van der Waals surface area (Å²) in [6, 6.07) is 8.34. The zero-order chi connectivity index (χ0) is 18.5. The van der Waals surface area contributed by atoms with Gasteiger partial charge in [0.25, 0.3) is 0 Å². The van der Waals surface area contributed by atoms with Crippen molar-refractivity contribution in [3.8, 4) is 11.3 Å². The van der Waals surface area contributed by atoms with Crippen LogP contribution < -0.4 is 5.32 Å². The number of unbranched alkanes of at least 4 members (excludes halogenated alkanes) is 9. The highest BCUT2D eigenvalue weighted by Gasteiger charge is 2.10. The number of benzene rings is 1. The van der Waals surface area contributed by atoms with Crippen molar-refractivity contribution in [3.63, 3.8) is 0 Å². The van der Waals surface area contributed by atoms with E-state index in [9.17, 15) is 0 Å². The summed E-state index contributed by atoms with van der Waals surface area (Å²) >= 11 is 0. The van der Waals surface area contributed by atoms with Crippen LogP contribution in [0.2, 0.25) is 0 Å². The molecule has 2 rings (SSSR count). The van der Waals surface area contributed by atoms with E-state index in [1.807, 2.05) is 0 Å². The standard InChI is InChI=1S/C22H36N4/c1-3-4-5-6-7-8-9-10-11-14-17-23-18-21-22(25-26-24-21)20-16-13-12-15-19(20)2/h12-13,15-16,23H,3-11,14,17-18H2,1-2H3,(H,24,25,26). The van der Waals surface area contributed by atoms with Crippen molar-refractivity contribution in [2.45, 2.75) is 84.6 Å². The lowest BCUT2D eigenvalue weighted by Gasteiger charge is -2.07. The topological polar surface area (TPSA) is 53.6 Å². The van der Waals surface area contributed by atoms with Gasteiger partial charge in [0, 0.05) is 12.1 Å². The first-order valence-corrected chi connectivity index (χ1v) is 10.5. The maximum absolute atomic E-state index is 4.28. The van der Waals surface area contributed by atoms with Crippen LogP contribution in [0.5, 0.6) is 0 Å². The van der Waals surface area contributed by atoms with E-state index in [0.29, 0.717) is 0 Å². The molecule has 0 bridgehead atoms. The van der Waals surface area contributed by atoms with Gasteiger partial charge in [0.05, 0.1) is 5.69 Å². The summed E-state index contributed by atoms with van der Waals surface area (Å²) in [5, 5.41) is 14.9. The van der Waals surface area contributed by atoms with Gasteiger partial charge < -0.3 is 5.32 Å². The van der Waals surface area contributed by atoms with Crippen molar-refractivity contribution < 1.29 is 0 Å². The van der Waals surface area contributed by atoms with Crippen LogP contribution in [0.25, 0.3) is 11.3 Å². The fourth-order valence-electron chi connectivity index (χ4n) is 3.38. The maximum atomic E-state index is 4.28. The maximum Gasteiger partial charge on any atom is 0.117 e. The Kier molecular flexibility index (Phi) is 10.0. The summed E-state index contributed by atoms with van der Waals surface area (Å²) < 4.78 is 0. The fraction of sp³-hybridized carbons (Fsp3) is 0.636. The number of rotatable bonds is 14. The van der Waals surface area contributed by atoms with Crippen LogP contribution >= 0.6 is 0 Å². The third-order valence-electron chi connectivity index (χ3n) is 5.03. The molecule has 1 heterocycles. The number of hydrogen-bond acceptors (Lipinski definition) is 3. The van der Waals surface area contributed by atoms with Crippen LogP contribution in [-0.4, -0.2) is 22.0 Å². The molecular formula is C22H36N4. The summed E-state index contributed by atoms with van der Waals surface area (Å²) in [7, 11) is 0. The van der Waals surface area contributed by atoms with Crippen LogP contribution in [0.15, 0.2) is 24.3 Å². The quantitative estimate of drug-likeness (QED) is 0.421. The fourth-order valence-corrected chi connectivity index (χ4v) is 3.38. The molecular weight excluding hydrogens is 320 g/mol. The Morgan fingerprint density at radius 3 is 2.23 bits per heavy atom. The number of aromatic nitrogens is 3. The van der Waals surface area contributed by atoms with Crippen molar-refractivity contribution in [2.75, 3.05) is 6.54 Å². The third-order valence-corrected chi connectivity index (χ3v) is 5.03. The molecule has 0 saturated heterocycles. The first-order valence-electron chi connectivity index (χ1n) is 10.5. The SMILES string of the molecule is CCCCCCCCCCCCNCc1[nH]nnc1-c1ccccc1C. The number of nitrogens with zero attached hydrogens (tertiary/aromatic N) is 2. The minimum absolute atomic E-state index is 0.800. The average Bonchev–Trinajstić information content (AvgIpc) is 3.11. The van der Waals surface area contributed by atoms with Crippen LogP contribution in [0.3, 0.4) is 0 Å². The Bertz CT molecular complexity index is 606. The number of aryl methyl sites for hydroxylation is 1. The van der Waals surface area contributed by atoms with Gasteiger partial charge in [0.1, 0.15) is 5.69 Å². The highest BCUT2D eigenvalue weighted by molar-refractivity contribution is 5.64. The number of hydrogen-bond donors (Lipinski definition) is 2. The van der Waals surface area contributed by atoms with Crippen molar-refractivity contribution in [3.05, 3.63) is 35.5 Å². The molecule has 0 amide bonds. The molecule has 4 nitrogen and oxygen atoms in total. The van der Waals surface area contributed by atoms with E-state index in [-0.39, 0.29) is 0 Å². The Morgan fingerprint density at radius 2 is 1.54 bits per heavy atom. The molecule has 0 aliphatic heterocycles. The molecule has 2 aromatic rings. The van der Waals surface area contributed by atoms with Crippen molar-refractivity contribution in [1.29, 1.82) is 0 Å². The lowest BCUT2D eigenvalue weighted by molar-refractivity contribution is 0.542. The summed E-state index contributed by atoms with van der Waals surface area (Å²) in [5.74, 6) is 0. The van der Waals surface area contributed by atoms with Gasteiger partial charge in [-0.15, -0.1) is 5.10 Å². The third kappa shape index (κ3) is 7.28. The van der Waals surface area contributed by atoms with E-state index in [0.717, 1.165) is 30.0 Å². The largest absolute Gasteiger partial charge is 0.311 e. The average molecular weight is 357 g/mol. The molecule has 0 saturated carbocycles. The molecule has 0 aliphatic rings. The monoisotopic (exact) mass is 356 g/mol. The molecule has 2 N–H and O–H groups in total. The molecule has 0 spiro atoms. The van der Waals surface area contributed by atoms with E-state index >= 15 is 0 Å². The second-order valence-corrected chi connectivity index (χ2v) is 7.31. The van der Waals surface area contributed by atoms with Crippen molar-refractivity contribution in [1.82, 2.24) is 20.7 Å². The van der Waals surface area contributed by atoms with Gasteiger partial charge in [-0.05, 0) is 25.5 Å². The van der Waals surface area contributed by atoms with Gasteiger partial charge in [0.15, 0.2) is 0 Å². The molecule has 1 aromatic heterocycles. The predicted octanol–water partition coefficient (Wildman–Crippen LogP) is 5.79. The molecule has 144 valence electrons. The molecule has 0 fully saturated rings. The molecule has 26 heavy (non-hydrogen) atoms. The summed E-state index contributed by atoms with van der Waals surface area (Å²) in [5.41, 5.74) is 4.44. The van der Waals surface area contributed by atoms with E-state index in [2.05, 4.69) is 58.8 Å². The minimum atomic E-state index is 0.800. The molecule has 0 aliphatic carbocycles. The molecule has 0 radical (unpaired) electrons. The summed E-state index contributed by atoms with van der Waals surface area (Å²) in [6.07, 6.45) is 13.8. The van der Waals surface area contributed by atoms with E-state index in [1.165, 1.54) is 69.8 Å². The molecule has 1 aromatic carbocycles. The zero-order valence-electron chi connectivity index (χ0n) is 16.7. The molecule has 0 unspecified atom stereocenters. The lowest BCUT2D eigenvalue weighted by atomic mass is 10.0. The Balaban J connectivity index is 1.55. The summed E-state index contributed by atoms with van der Waals surface area (Å²) in [4.78, 5) is 0. The van der Waals surface area contributed by atoms with E-state index < -0.39 is 0 Å². The van der Waals surface area contributed by atoms with E-state index in [1.54, 1.807) is 0 Å². The first-order chi connectivity index (χ1) is 12.8. The molecule has 4 heteroatoms. The van der Waals surface area contributed by atoms with Gasteiger partial charge in [-0.1, -0.05) is 94.2 Å². The predicted molar refractivity (Wildman–Crippen MR) is 110 cm³/mol. The normalized spacial score (nSPS) is 11.2. The number of aromatic amines is 1. The van der Waals surface area contributed by atoms with Gasteiger partial charge in [-0.25, -0.2) is 0 Å². The zero-order valence-corrected chi connectivity index (χ0v) is 16.7. The van der Waals surface area contributed by atoms with Crippen LogP contribution in [-0.2, 0) is 6.54 Å². The first kappa shape index (κ1) is 20.6. The summed E-state index contributed by atoms with van der Waals surface area (Å²) in [6.45, 7) is 6.25. The van der Waals surface area contributed by atoms with Crippen LogP contribution in [0, 0.1) is 6.92 Å². The Hall–Kier alpha value is -1.68. The Labute approximate surface area is 159 Å². The number of nitrogens with one attached hydrogen (secondary N) is 2. The second kappa shape index (κ2) is 12.6. The minimum Gasteiger partial charge on any atom is -0.311 e. The van der Waals surface area contributed by atoms with Crippen molar-refractivity contribution >= 4 is 0 Å².